The molecule has 0 amide bonds. The maximum Gasteiger partial charge on any atom is 0.284 e. The molecule has 14 nitrogen and oxygen atoms in total. The van der Waals surface area contributed by atoms with Gasteiger partial charge in [-0.05, 0) is 34.6 Å². The Kier molecular flexibility index (Phi) is 10.2. The van der Waals surface area contributed by atoms with Gasteiger partial charge in [0.25, 0.3) is 5.91 Å². The van der Waals surface area contributed by atoms with E-state index < -0.39 is 53.9 Å². The highest BCUT2D eigenvalue weighted by atomic mass is 16.8. The van der Waals surface area contributed by atoms with Gasteiger partial charge in [-0.1, -0.05) is 0 Å². The fraction of sp³-hybridized carbons (Fsp3) is 1.00. The Morgan fingerprint density at radius 3 is 1.79 bits per heavy atom. The third-order valence-electron chi connectivity index (χ3n) is 7.46. The first-order valence-electron chi connectivity index (χ1n) is 13.3. The van der Waals surface area contributed by atoms with E-state index in [0.717, 1.165) is 0 Å². The quantitative estimate of drug-likeness (QED) is 0.149. The fourth-order valence-corrected chi connectivity index (χ4v) is 5.39. The molecule has 3 rings (SSSR count). The zero-order chi connectivity index (χ0) is 28.5. The van der Waals surface area contributed by atoms with Crippen LogP contribution in [0.4, 0.5) is 0 Å². The molecule has 0 saturated carbocycles. The van der Waals surface area contributed by atoms with Crippen molar-refractivity contribution >= 4 is 0 Å². The normalized spacial score (nSPS) is 44.8. The second-order valence-electron chi connectivity index (χ2n) is 11.0. The third kappa shape index (κ3) is 6.34. The molecule has 0 aliphatic carbocycles. The monoisotopic (exact) mass is 550 g/mol. The van der Waals surface area contributed by atoms with Crippen molar-refractivity contribution in [2.75, 3.05) is 40.4 Å². The summed E-state index contributed by atoms with van der Waals surface area (Å²) < 4.78 is 48.9. The van der Waals surface area contributed by atoms with Gasteiger partial charge in [0.05, 0.1) is 0 Å². The van der Waals surface area contributed by atoms with Gasteiger partial charge < -0.3 is 60.8 Å². The van der Waals surface area contributed by atoms with Gasteiger partial charge in [-0.2, -0.15) is 0 Å². The van der Waals surface area contributed by atoms with Crippen LogP contribution < -0.4 is 33.6 Å². The minimum Gasteiger partial charge on any atom is -0.348 e. The summed E-state index contributed by atoms with van der Waals surface area (Å²) in [5.41, 5.74) is 24.1. The second-order valence-corrected chi connectivity index (χ2v) is 11.0. The Bertz CT molecular complexity index is 782. The third-order valence-corrected chi connectivity index (χ3v) is 7.46. The van der Waals surface area contributed by atoms with Gasteiger partial charge in [0.2, 0.25) is 11.7 Å². The average Bonchev–Trinajstić information content (AvgIpc) is 3.39. The highest BCUT2D eigenvalue weighted by molar-refractivity contribution is 4.99. The van der Waals surface area contributed by atoms with Gasteiger partial charge >= 0.3 is 0 Å². The van der Waals surface area contributed by atoms with Crippen molar-refractivity contribution < 1.29 is 37.9 Å². The number of hydrogen-bond acceptors (Lipinski definition) is 14. The summed E-state index contributed by atoms with van der Waals surface area (Å²) in [6.45, 7) is 12.1. The zero-order valence-corrected chi connectivity index (χ0v) is 24.0. The van der Waals surface area contributed by atoms with Crippen LogP contribution in [0.1, 0.15) is 41.5 Å². The van der Waals surface area contributed by atoms with Crippen molar-refractivity contribution in [1.29, 1.82) is 0 Å². The first-order chi connectivity index (χ1) is 17.7. The first-order valence-corrected chi connectivity index (χ1v) is 13.3. The second kappa shape index (κ2) is 12.1. The lowest BCUT2D eigenvalue weighted by Crippen LogP contribution is -2.76. The van der Waals surface area contributed by atoms with Crippen molar-refractivity contribution in [2.45, 2.75) is 114 Å². The highest BCUT2D eigenvalue weighted by Crippen LogP contribution is 2.39. The Morgan fingerprint density at radius 2 is 1.26 bits per heavy atom. The molecule has 38 heavy (non-hydrogen) atoms. The molecule has 3 fully saturated rings. The predicted octanol–water partition coefficient (Wildman–Crippen LogP) is -1.80. The number of nitrogens with one attached hydrogen (secondary N) is 2. The average molecular weight is 551 g/mol. The molecule has 11 atom stereocenters. The van der Waals surface area contributed by atoms with Gasteiger partial charge in [0.15, 0.2) is 5.79 Å². The van der Waals surface area contributed by atoms with E-state index in [4.69, 9.17) is 60.8 Å². The van der Waals surface area contributed by atoms with Crippen LogP contribution in [0.15, 0.2) is 0 Å². The SMILES string of the molecule is COC1(C)OC(CN)C(CN)OC1(NC(C)C1OC(C)(NCC2OC(C)(C)OC2CN)OC1C(C)N)OC. The zero-order valence-electron chi connectivity index (χ0n) is 24.0. The summed E-state index contributed by atoms with van der Waals surface area (Å²) >= 11 is 0. The number of nitrogens with two attached hydrogens (primary N) is 4. The van der Waals surface area contributed by atoms with Gasteiger partial charge in [-0.25, -0.2) is 0 Å². The van der Waals surface area contributed by atoms with E-state index in [-0.39, 0.29) is 31.3 Å². The van der Waals surface area contributed by atoms with E-state index in [1.165, 1.54) is 14.2 Å². The van der Waals surface area contributed by atoms with Gasteiger partial charge in [-0.15, -0.1) is 0 Å². The molecule has 14 heteroatoms. The molecule has 3 heterocycles. The smallest absolute Gasteiger partial charge is 0.284 e. The van der Waals surface area contributed by atoms with E-state index in [0.29, 0.717) is 13.1 Å². The summed E-state index contributed by atoms with van der Waals surface area (Å²) in [4.78, 5) is 0. The molecule has 0 aromatic heterocycles. The molecule has 3 aliphatic heterocycles. The molecule has 0 bridgehead atoms. The largest absolute Gasteiger partial charge is 0.348 e. The lowest BCUT2D eigenvalue weighted by molar-refractivity contribution is -0.463. The Morgan fingerprint density at radius 1 is 0.737 bits per heavy atom. The number of hydrogen-bond donors (Lipinski definition) is 6. The van der Waals surface area contributed by atoms with Crippen molar-refractivity contribution in [3.63, 3.8) is 0 Å². The van der Waals surface area contributed by atoms with E-state index in [1.54, 1.807) is 13.8 Å². The summed E-state index contributed by atoms with van der Waals surface area (Å²) in [5.74, 6) is -4.78. The minimum atomic E-state index is -1.54. The highest BCUT2D eigenvalue weighted by Gasteiger charge is 2.61. The van der Waals surface area contributed by atoms with Gasteiger partial charge in [-0.3, -0.25) is 10.6 Å². The molecule has 0 aromatic rings. The van der Waals surface area contributed by atoms with Gasteiger partial charge in [0, 0.05) is 59.4 Å². The van der Waals surface area contributed by atoms with Crippen LogP contribution in [-0.4, -0.2) is 113 Å². The maximum atomic E-state index is 6.45. The van der Waals surface area contributed by atoms with Crippen LogP contribution in [0.5, 0.6) is 0 Å². The van der Waals surface area contributed by atoms with Crippen LogP contribution in [0, 0.1) is 0 Å². The molecule has 224 valence electrons. The molecule has 3 aliphatic rings. The summed E-state index contributed by atoms with van der Waals surface area (Å²) in [5, 5.41) is 6.71. The molecule has 0 aromatic carbocycles. The lowest BCUT2D eigenvalue weighted by Gasteiger charge is -2.54. The summed E-state index contributed by atoms with van der Waals surface area (Å²) in [6, 6.07) is -0.772. The molecular formula is C24H50N6O8. The lowest BCUT2D eigenvalue weighted by atomic mass is 10.00. The maximum absolute atomic E-state index is 6.45. The summed E-state index contributed by atoms with van der Waals surface area (Å²) in [6.07, 6.45) is -2.55. The van der Waals surface area contributed by atoms with Crippen LogP contribution in [-0.2, 0) is 37.9 Å². The fourth-order valence-electron chi connectivity index (χ4n) is 5.39. The Hall–Kier alpha value is -0.560. The van der Waals surface area contributed by atoms with Crippen molar-refractivity contribution in [2.24, 2.45) is 22.9 Å². The van der Waals surface area contributed by atoms with Crippen LogP contribution >= 0.6 is 0 Å². The number of methoxy groups -OCH3 is 2. The number of ether oxygens (including phenoxy) is 8. The van der Waals surface area contributed by atoms with Crippen molar-refractivity contribution in [3.8, 4) is 0 Å². The standard InChI is InChI=1S/C24H50N6O8/c1-13(28)19-20(38-23(6,37-19)29-12-18-17(11-27)33-21(3,4)34-18)14(2)30-24(32-8)22(5,31-7)35-15(9-25)16(10-26)36-24/h13-20,29-30H,9-12,25-28H2,1-8H3. The molecule has 0 radical (unpaired) electrons. The Balaban J connectivity index is 1.77. The van der Waals surface area contributed by atoms with Crippen molar-refractivity contribution in [3.05, 3.63) is 0 Å². The Labute approximate surface area is 225 Å². The summed E-state index contributed by atoms with van der Waals surface area (Å²) in [7, 11) is 3.00. The molecule has 0 spiro atoms. The number of rotatable bonds is 12. The van der Waals surface area contributed by atoms with E-state index >= 15 is 0 Å². The van der Waals surface area contributed by atoms with E-state index in [2.05, 4.69) is 10.6 Å². The minimum absolute atomic E-state index is 0.171. The van der Waals surface area contributed by atoms with Crippen LogP contribution in [0.2, 0.25) is 0 Å². The molecule has 10 N–H and O–H groups in total. The van der Waals surface area contributed by atoms with Crippen LogP contribution in [0.3, 0.4) is 0 Å². The van der Waals surface area contributed by atoms with Crippen LogP contribution in [0.25, 0.3) is 0 Å². The molecular weight excluding hydrogens is 500 g/mol. The predicted molar refractivity (Wildman–Crippen MR) is 138 cm³/mol. The van der Waals surface area contributed by atoms with E-state index in [1.807, 2.05) is 27.7 Å². The van der Waals surface area contributed by atoms with Gasteiger partial charge in [0.1, 0.15) is 36.6 Å². The molecule has 11 unspecified atom stereocenters. The molecule has 3 saturated heterocycles. The van der Waals surface area contributed by atoms with Crippen molar-refractivity contribution in [1.82, 2.24) is 10.6 Å². The topological polar surface area (TPSA) is 202 Å². The first kappa shape index (κ1) is 32.0. The van der Waals surface area contributed by atoms with E-state index in [9.17, 15) is 0 Å².